The van der Waals surface area contributed by atoms with Crippen molar-refractivity contribution in [3.8, 4) is 12.3 Å². The average molecular weight is 100 g/mol. The Bertz CT molecular complexity index is 70.6. The summed E-state index contributed by atoms with van der Waals surface area (Å²) in [6.45, 7) is 1.69. The van der Waals surface area contributed by atoms with Gasteiger partial charge in [-0.05, 0) is 6.92 Å². The van der Waals surface area contributed by atoms with Gasteiger partial charge in [0.25, 0.3) is 0 Å². The minimum atomic E-state index is -0.740. The highest BCUT2D eigenvalue weighted by molar-refractivity contribution is 4.82. The molecule has 0 aromatic carbocycles. The van der Waals surface area contributed by atoms with Crippen LogP contribution in [0, 0.1) is 12.3 Å². The van der Waals surface area contributed by atoms with Gasteiger partial charge in [-0.2, -0.15) is 0 Å². The largest absolute Gasteiger partial charge is 0.368 e. The molecule has 0 saturated heterocycles. The summed E-state index contributed by atoms with van der Waals surface area (Å²) < 4.78 is 4.51. The second-order valence-electron chi connectivity index (χ2n) is 1.11. The van der Waals surface area contributed by atoms with Gasteiger partial charge in [-0.15, -0.1) is 6.42 Å². The maximum atomic E-state index is 8.37. The minimum Gasteiger partial charge on any atom is -0.368 e. The number of aliphatic hydroxyl groups is 1. The normalized spacial score (nSPS) is 12.7. The third-order valence-electron chi connectivity index (χ3n) is 0.408. The van der Waals surface area contributed by atoms with Crippen LogP contribution < -0.4 is 0 Å². The molecule has 40 valence electrons. The fourth-order valence-corrected chi connectivity index (χ4v) is 0.169. The van der Waals surface area contributed by atoms with Gasteiger partial charge in [0.1, 0.15) is 6.61 Å². The standard InChI is InChI=1S/C5H8O2/c1-3-4-7-5(2)6/h1,5-6H,4H2,2H3. The van der Waals surface area contributed by atoms with Crippen LogP contribution in [0.3, 0.4) is 0 Å². The van der Waals surface area contributed by atoms with E-state index in [0.717, 1.165) is 0 Å². The van der Waals surface area contributed by atoms with E-state index >= 15 is 0 Å². The zero-order valence-electron chi connectivity index (χ0n) is 4.22. The molecule has 0 spiro atoms. The monoisotopic (exact) mass is 100 g/mol. The van der Waals surface area contributed by atoms with Gasteiger partial charge in [0.2, 0.25) is 0 Å². The first kappa shape index (κ1) is 6.48. The lowest BCUT2D eigenvalue weighted by Crippen LogP contribution is -2.05. The van der Waals surface area contributed by atoms with E-state index < -0.39 is 6.29 Å². The SMILES string of the molecule is C#CCOC(C)O. The molecule has 0 amide bonds. The lowest BCUT2D eigenvalue weighted by atomic mass is 10.7. The van der Waals surface area contributed by atoms with Crippen LogP contribution in [-0.2, 0) is 4.74 Å². The van der Waals surface area contributed by atoms with E-state index in [-0.39, 0.29) is 6.61 Å². The van der Waals surface area contributed by atoms with Crippen LogP contribution >= 0.6 is 0 Å². The van der Waals surface area contributed by atoms with Crippen LogP contribution in [0.15, 0.2) is 0 Å². The van der Waals surface area contributed by atoms with Gasteiger partial charge < -0.3 is 9.84 Å². The quantitative estimate of drug-likeness (QED) is 0.390. The van der Waals surface area contributed by atoms with E-state index in [0.29, 0.717) is 0 Å². The first-order chi connectivity index (χ1) is 3.27. The summed E-state index contributed by atoms with van der Waals surface area (Å²) in [7, 11) is 0. The predicted octanol–water partition coefficient (Wildman–Crippen LogP) is -0.0255. The molecule has 0 aromatic rings. The first-order valence-electron chi connectivity index (χ1n) is 2.00. The van der Waals surface area contributed by atoms with Crippen LogP contribution in [0.25, 0.3) is 0 Å². The van der Waals surface area contributed by atoms with Crippen molar-refractivity contribution in [3.05, 3.63) is 0 Å². The van der Waals surface area contributed by atoms with Gasteiger partial charge >= 0.3 is 0 Å². The number of rotatable bonds is 2. The number of hydrogen-bond donors (Lipinski definition) is 1. The third-order valence-corrected chi connectivity index (χ3v) is 0.408. The molecular formula is C5H8O2. The Morgan fingerprint density at radius 3 is 2.71 bits per heavy atom. The van der Waals surface area contributed by atoms with Gasteiger partial charge in [0.05, 0.1) is 0 Å². The maximum absolute atomic E-state index is 8.37. The molecule has 2 nitrogen and oxygen atoms in total. The molecule has 1 atom stereocenters. The number of terminal acetylenes is 1. The molecule has 0 bridgehead atoms. The Balaban J connectivity index is 2.86. The molecule has 0 rings (SSSR count). The summed E-state index contributed by atoms with van der Waals surface area (Å²) in [5.41, 5.74) is 0. The Kier molecular flexibility index (Phi) is 3.39. The Morgan fingerprint density at radius 2 is 2.57 bits per heavy atom. The van der Waals surface area contributed by atoms with Crippen molar-refractivity contribution in [2.45, 2.75) is 13.2 Å². The van der Waals surface area contributed by atoms with Crippen molar-refractivity contribution >= 4 is 0 Å². The Labute approximate surface area is 43.1 Å². The predicted molar refractivity (Wildman–Crippen MR) is 26.5 cm³/mol. The van der Waals surface area contributed by atoms with Crippen molar-refractivity contribution in [2.24, 2.45) is 0 Å². The summed E-state index contributed by atoms with van der Waals surface area (Å²) in [5.74, 6) is 2.22. The Morgan fingerprint density at radius 1 is 2.00 bits per heavy atom. The summed E-state index contributed by atoms with van der Waals surface area (Å²) in [4.78, 5) is 0. The van der Waals surface area contributed by atoms with E-state index in [1.807, 2.05) is 0 Å². The van der Waals surface area contributed by atoms with Crippen LogP contribution in [0.5, 0.6) is 0 Å². The van der Waals surface area contributed by atoms with Gasteiger partial charge in [-0.1, -0.05) is 5.92 Å². The minimum absolute atomic E-state index is 0.178. The topological polar surface area (TPSA) is 29.5 Å². The van der Waals surface area contributed by atoms with Crippen LogP contribution in [0.4, 0.5) is 0 Å². The van der Waals surface area contributed by atoms with Gasteiger partial charge in [0.15, 0.2) is 6.29 Å². The van der Waals surface area contributed by atoms with E-state index in [1.165, 1.54) is 6.92 Å². The summed E-state index contributed by atoms with van der Waals surface area (Å²) in [6.07, 6.45) is 4.05. The average Bonchev–Trinajstić information content (AvgIpc) is 1.61. The highest BCUT2D eigenvalue weighted by Crippen LogP contribution is 1.79. The highest BCUT2D eigenvalue weighted by Gasteiger charge is 1.87. The summed E-state index contributed by atoms with van der Waals surface area (Å²) >= 11 is 0. The first-order valence-corrected chi connectivity index (χ1v) is 2.00. The molecular weight excluding hydrogens is 92.1 g/mol. The van der Waals surface area contributed by atoms with E-state index in [2.05, 4.69) is 10.7 Å². The van der Waals surface area contributed by atoms with E-state index in [4.69, 9.17) is 11.5 Å². The second kappa shape index (κ2) is 3.66. The Hall–Kier alpha value is -0.520. The van der Waals surface area contributed by atoms with Crippen LogP contribution in [0.2, 0.25) is 0 Å². The molecule has 0 fully saturated rings. The van der Waals surface area contributed by atoms with E-state index in [9.17, 15) is 0 Å². The number of hydrogen-bond acceptors (Lipinski definition) is 2. The molecule has 1 N–H and O–H groups in total. The summed E-state index contributed by atoms with van der Waals surface area (Å²) in [5, 5.41) is 8.37. The van der Waals surface area contributed by atoms with Gasteiger partial charge in [0, 0.05) is 0 Å². The summed E-state index contributed by atoms with van der Waals surface area (Å²) in [6, 6.07) is 0. The zero-order valence-corrected chi connectivity index (χ0v) is 4.22. The molecule has 0 saturated carbocycles. The lowest BCUT2D eigenvalue weighted by molar-refractivity contribution is -0.0720. The molecule has 7 heavy (non-hydrogen) atoms. The molecule has 0 radical (unpaired) electrons. The van der Waals surface area contributed by atoms with Crippen molar-refractivity contribution in [1.29, 1.82) is 0 Å². The fourth-order valence-electron chi connectivity index (χ4n) is 0.169. The maximum Gasteiger partial charge on any atom is 0.153 e. The smallest absolute Gasteiger partial charge is 0.153 e. The van der Waals surface area contributed by atoms with Crippen molar-refractivity contribution in [2.75, 3.05) is 6.61 Å². The van der Waals surface area contributed by atoms with Gasteiger partial charge in [-0.3, -0.25) is 0 Å². The number of aliphatic hydroxyl groups excluding tert-OH is 1. The molecule has 0 aliphatic rings. The highest BCUT2D eigenvalue weighted by atomic mass is 16.6. The fraction of sp³-hybridized carbons (Fsp3) is 0.600. The molecule has 0 aliphatic carbocycles. The molecule has 1 unspecified atom stereocenters. The number of ether oxygens (including phenoxy) is 1. The molecule has 0 heterocycles. The van der Waals surface area contributed by atoms with Crippen molar-refractivity contribution in [3.63, 3.8) is 0 Å². The lowest BCUT2D eigenvalue weighted by Gasteiger charge is -1.98. The molecule has 0 aromatic heterocycles. The second-order valence-corrected chi connectivity index (χ2v) is 1.11. The van der Waals surface area contributed by atoms with Crippen molar-refractivity contribution < 1.29 is 9.84 Å². The van der Waals surface area contributed by atoms with Gasteiger partial charge in [-0.25, -0.2) is 0 Å². The zero-order chi connectivity index (χ0) is 5.70. The van der Waals surface area contributed by atoms with Crippen molar-refractivity contribution in [1.82, 2.24) is 0 Å². The van der Waals surface area contributed by atoms with E-state index in [1.54, 1.807) is 0 Å². The third kappa shape index (κ3) is 5.48. The molecule has 0 aliphatic heterocycles. The van der Waals surface area contributed by atoms with Crippen LogP contribution in [0.1, 0.15) is 6.92 Å². The van der Waals surface area contributed by atoms with Crippen LogP contribution in [-0.4, -0.2) is 18.0 Å². The molecule has 2 heteroatoms.